The molecule has 22 nitrogen and oxygen atoms in total. The molecule has 30 heteroatoms. The summed E-state index contributed by atoms with van der Waals surface area (Å²) < 4.78 is 111. The van der Waals surface area contributed by atoms with E-state index >= 15 is 0 Å². The topological polar surface area (TPSA) is 279 Å². The van der Waals surface area contributed by atoms with Crippen LogP contribution in [-0.2, 0) is 49.8 Å². The first kappa shape index (κ1) is 73.7. The smallest absolute Gasteiger partial charge is 0.447 e. The molecule has 0 aliphatic carbocycles. The summed E-state index contributed by atoms with van der Waals surface area (Å²) in [7, 11) is -5.76. The number of pyridine rings is 2. The Morgan fingerprint density at radius 3 is 1.31 bits per heavy atom. The fourth-order valence-corrected chi connectivity index (χ4v) is 9.94. The van der Waals surface area contributed by atoms with Crippen molar-refractivity contribution < 1.29 is 83.2 Å². The maximum atomic E-state index is 14.1. The van der Waals surface area contributed by atoms with Crippen LogP contribution in [0.3, 0.4) is 0 Å². The lowest BCUT2D eigenvalue weighted by Gasteiger charge is -2.31. The number of carbonyl (C=O) groups excluding carboxylic acids is 4. The minimum atomic E-state index is -4.67. The van der Waals surface area contributed by atoms with Gasteiger partial charge in [0.2, 0.25) is 0 Å². The summed E-state index contributed by atoms with van der Waals surface area (Å²) in [6, 6.07) is 22.9. The molecular weight excluding hydrogens is 1210 g/mol. The largest absolute Gasteiger partial charge is 0.475 e. The molecule has 6 amide bonds. The zero-order valence-electron chi connectivity index (χ0n) is 48.6. The van der Waals surface area contributed by atoms with Crippen LogP contribution in [0.15, 0.2) is 109 Å². The van der Waals surface area contributed by atoms with Crippen LogP contribution in [0.5, 0.6) is 0 Å². The van der Waals surface area contributed by atoms with Gasteiger partial charge in [-0.15, -0.1) is 0 Å². The van der Waals surface area contributed by atoms with Crippen LogP contribution in [0.25, 0.3) is 21.5 Å². The molecule has 4 aromatic carbocycles. The van der Waals surface area contributed by atoms with Gasteiger partial charge in [-0.05, 0) is 102 Å². The number of carbonyl (C=O) groups is 4. The molecule has 0 spiro atoms. The first-order valence-corrected chi connectivity index (χ1v) is 29.3. The van der Waals surface area contributed by atoms with Crippen molar-refractivity contribution in [3.05, 3.63) is 144 Å². The average Bonchev–Trinajstić information content (AvgIpc) is 3.62. The molecule has 6 N–H and O–H groups in total. The minimum absolute atomic E-state index is 0. The van der Waals surface area contributed by atoms with Gasteiger partial charge in [0.05, 0.1) is 36.5 Å². The Morgan fingerprint density at radius 1 is 0.570 bits per heavy atom. The number of phosphoric ester groups is 2. The number of ether oxygens (including phenoxy) is 2. The summed E-state index contributed by atoms with van der Waals surface area (Å²) in [5, 5.41) is 13.6. The van der Waals surface area contributed by atoms with Gasteiger partial charge >= 0.3 is 39.9 Å². The van der Waals surface area contributed by atoms with Gasteiger partial charge in [-0.2, -0.15) is 27.0 Å². The zero-order valence-corrected chi connectivity index (χ0v) is 52.4. The molecule has 6 rings (SSSR count). The molecule has 86 heavy (non-hydrogen) atoms. The second-order valence-corrected chi connectivity index (χ2v) is 23.6. The number of halogens is 4. The molecule has 0 saturated carbocycles. The molecule has 0 fully saturated rings. The Labute approximate surface area is 510 Å². The number of hydrogen-bond acceptors (Lipinski definition) is 14. The van der Waals surface area contributed by atoms with E-state index in [1.807, 2.05) is 48.5 Å². The Balaban J connectivity index is 0.000000447. The molecule has 0 unspecified atom stereocenters. The fraction of sp³-hybridized carbons (Fsp3) is 0.393. The maximum absolute atomic E-state index is 14.1. The van der Waals surface area contributed by atoms with Gasteiger partial charge in [-0.25, -0.2) is 55.8 Å². The summed E-state index contributed by atoms with van der Waals surface area (Å²) in [6.07, 6.45) is 2.35. The van der Waals surface area contributed by atoms with Crippen molar-refractivity contribution in [2.24, 2.45) is 0 Å². The van der Waals surface area contributed by atoms with E-state index in [2.05, 4.69) is 35.8 Å². The fourth-order valence-electron chi connectivity index (χ4n) is 7.74. The molecule has 0 radical (unpaired) electrons. The van der Waals surface area contributed by atoms with E-state index in [0.29, 0.717) is 0 Å². The molecule has 0 aliphatic heterocycles. The number of amides is 6. The highest BCUT2D eigenvalue weighted by Gasteiger charge is 2.37. The molecule has 2 heterocycles. The Morgan fingerprint density at radius 2 is 0.942 bits per heavy atom. The van der Waals surface area contributed by atoms with Crippen molar-refractivity contribution in [1.82, 2.24) is 30.4 Å². The van der Waals surface area contributed by atoms with Crippen LogP contribution < -0.4 is 21.3 Å². The Kier molecular flexibility index (Phi) is 29.2. The number of nitrogens with zero attached hydrogens (tertiary/aromatic N) is 4. The van der Waals surface area contributed by atoms with E-state index in [4.69, 9.17) is 32.8 Å². The number of fused-ring (bicyclic) bond motifs is 2. The molecule has 0 bridgehead atoms. The van der Waals surface area contributed by atoms with Crippen molar-refractivity contribution in [2.75, 3.05) is 51.2 Å². The number of benzene rings is 4. The number of hydrogen-bond donors (Lipinski definition) is 6. The van der Waals surface area contributed by atoms with E-state index < -0.39 is 86.4 Å². The summed E-state index contributed by atoms with van der Waals surface area (Å²) in [5.41, 5.74) is -1.72. The third kappa shape index (κ3) is 25.4. The molecular formula is C56H74F4N8O14P2S2. The van der Waals surface area contributed by atoms with Gasteiger partial charge in [0.25, 0.3) is 0 Å². The summed E-state index contributed by atoms with van der Waals surface area (Å²) in [6.45, 7) is 8.91. The van der Waals surface area contributed by atoms with Crippen molar-refractivity contribution in [1.29, 1.82) is 0 Å². The number of aromatic nitrogens is 2. The number of urea groups is 2. The molecule has 2 atom stereocenters. The molecule has 0 aliphatic rings. The van der Waals surface area contributed by atoms with Crippen molar-refractivity contribution in [3.63, 3.8) is 0 Å². The average molecular weight is 1290 g/mol. The summed E-state index contributed by atoms with van der Waals surface area (Å²) >= 11 is 0. The van der Waals surface area contributed by atoms with Crippen LogP contribution in [0, 0.1) is 23.3 Å². The van der Waals surface area contributed by atoms with Gasteiger partial charge in [0.15, 0.2) is 23.3 Å². The molecule has 472 valence electrons. The number of likely N-dealkylation sites (N-methyl/N-ethyl adjacent to an activating group) is 2. The zero-order chi connectivity index (χ0) is 61.8. The highest BCUT2D eigenvalue weighted by molar-refractivity contribution is 7.59. The molecule has 0 saturated heterocycles. The predicted molar refractivity (Wildman–Crippen MR) is 326 cm³/mol. The second kappa shape index (κ2) is 34.1. The third-order valence-corrected chi connectivity index (χ3v) is 14.4. The number of anilines is 2. The van der Waals surface area contributed by atoms with Crippen molar-refractivity contribution in [3.8, 4) is 0 Å². The van der Waals surface area contributed by atoms with Gasteiger partial charge < -0.3 is 39.7 Å². The van der Waals surface area contributed by atoms with Crippen LogP contribution in [0.2, 0.25) is 0 Å². The summed E-state index contributed by atoms with van der Waals surface area (Å²) in [4.78, 5) is 79.4. The number of nitrogens with one attached hydrogen (secondary N) is 4. The predicted octanol–water partition coefficient (Wildman–Crippen LogP) is 12.2. The van der Waals surface area contributed by atoms with Crippen LogP contribution >= 0.6 is 42.6 Å². The number of rotatable bonds is 24. The third-order valence-electron chi connectivity index (χ3n) is 11.8. The second-order valence-electron chi connectivity index (χ2n) is 20.8. The van der Waals surface area contributed by atoms with Crippen LogP contribution in [-0.4, -0.2) is 118 Å². The lowest BCUT2D eigenvalue weighted by molar-refractivity contribution is 0.00234. The highest BCUT2D eigenvalue weighted by Crippen LogP contribution is 2.55. The van der Waals surface area contributed by atoms with Gasteiger partial charge in [0, 0.05) is 61.5 Å². The van der Waals surface area contributed by atoms with E-state index in [0.717, 1.165) is 33.7 Å². The molecule has 2 aromatic heterocycles. The molecule has 6 aromatic rings. The number of phosphoric acid groups is 2. The SMILES string of the molecule is CN(C(=O)NCc1cccc(F)c1F)[C@@H](CCCOP(=O)(O)O)COC(=O)Nc1cc2ccccc2cn1.CN(C(=O)NCc1cccc(F)c1F)[C@@H](CCCOP(=O)(OC(C)(C)C)OC(C)(C)C)COC(=O)Nc1cc2ccccc2cn1.S.S. The van der Waals surface area contributed by atoms with Crippen LogP contribution in [0.4, 0.5) is 48.4 Å². The monoisotopic (exact) mass is 1280 g/mol. The van der Waals surface area contributed by atoms with E-state index in [1.54, 1.807) is 66.1 Å². The van der Waals surface area contributed by atoms with Crippen molar-refractivity contribution >= 4 is 100 Å². The normalized spacial score (nSPS) is 12.3. The van der Waals surface area contributed by atoms with Gasteiger partial charge in [-0.3, -0.25) is 28.7 Å². The first-order valence-electron chi connectivity index (χ1n) is 26.3. The van der Waals surface area contributed by atoms with Gasteiger partial charge in [-0.1, -0.05) is 72.8 Å². The van der Waals surface area contributed by atoms with E-state index in [9.17, 15) is 45.9 Å². The Bertz CT molecular complexity index is 3290. The summed E-state index contributed by atoms with van der Waals surface area (Å²) in [5.74, 6) is -3.67. The Hall–Kier alpha value is -6.58. The first-order chi connectivity index (χ1) is 39.5. The van der Waals surface area contributed by atoms with Crippen molar-refractivity contribution in [2.45, 2.75) is 104 Å². The van der Waals surface area contributed by atoms with Gasteiger partial charge in [0.1, 0.15) is 24.8 Å². The maximum Gasteiger partial charge on any atom is 0.475 e. The minimum Gasteiger partial charge on any atom is -0.447 e. The van der Waals surface area contributed by atoms with E-state index in [-0.39, 0.29) is 115 Å². The van der Waals surface area contributed by atoms with Crippen LogP contribution in [0.1, 0.15) is 78.4 Å². The highest BCUT2D eigenvalue weighted by atomic mass is 32.1. The standard InChI is InChI=1S/C32H43F2N4O7P.C24H27F2N4O7P.2H2S/c1-31(2,3)44-46(41,45-32(4,5)6)43-17-11-15-25(38(7)29(39)36-20-24-14-10-16-26(33)28(24)34)21-42-30(40)37-27-18-22-12-8-9-13-23(22)19-35-27;1-30(23(31)28-14-18-8-4-10-20(25)22(18)26)19(9-5-11-37-38(33,34)35)15-36-24(32)29-21-12-16-6-2-3-7-17(16)13-27-21;;/h8-10,12-14,16,18-19,25H,11,15,17,20-21H2,1-7H3,(H,36,39)(H,35,37,40);2-4,6-8,10,12-13,19H,5,9,11,14-15H2,1H3,(H,28,31)(H,27,29,32)(H2,33,34,35);2*1H2/t25-;19-;;/m00../s1. The lowest BCUT2D eigenvalue weighted by Crippen LogP contribution is -2.46. The lowest BCUT2D eigenvalue weighted by atomic mass is 10.1. The van der Waals surface area contributed by atoms with E-state index in [1.165, 1.54) is 48.2 Å². The quantitative estimate of drug-likeness (QED) is 0.0187.